The number of pyridine rings is 1. The van der Waals surface area contributed by atoms with Gasteiger partial charge in [0.1, 0.15) is 17.7 Å². The summed E-state index contributed by atoms with van der Waals surface area (Å²) < 4.78 is 41.0. The number of carbonyl (C=O) groups is 2. The van der Waals surface area contributed by atoms with Gasteiger partial charge in [0.05, 0.1) is 32.5 Å². The SMILES string of the molecule is O=C1/C(=C/n2cnc(-c3cc(C4CC4)nc(C(F)(F)F)c3)n2)N(CCO)C(=O)N1CCO. The highest BCUT2D eigenvalue weighted by molar-refractivity contribution is 6.13. The Balaban J connectivity index is 1.68. The number of aliphatic hydroxyl groups is 2. The van der Waals surface area contributed by atoms with Crippen molar-refractivity contribution in [1.82, 2.24) is 29.5 Å². The second-order valence-corrected chi connectivity index (χ2v) is 7.34. The zero-order valence-electron chi connectivity index (χ0n) is 16.7. The van der Waals surface area contributed by atoms with Gasteiger partial charge in [0.15, 0.2) is 5.82 Å². The molecule has 1 saturated carbocycles. The van der Waals surface area contributed by atoms with Crippen molar-refractivity contribution in [1.29, 1.82) is 0 Å². The Kier molecular flexibility index (Phi) is 5.69. The number of nitrogens with zero attached hydrogens (tertiary/aromatic N) is 6. The molecule has 3 amide bonds. The Labute approximate surface area is 179 Å². The molecule has 0 radical (unpaired) electrons. The zero-order chi connectivity index (χ0) is 23.0. The maximum atomic E-state index is 13.3. The highest BCUT2D eigenvalue weighted by Gasteiger charge is 2.40. The molecule has 2 aromatic heterocycles. The van der Waals surface area contributed by atoms with E-state index in [1.54, 1.807) is 0 Å². The van der Waals surface area contributed by atoms with Crippen molar-refractivity contribution >= 4 is 18.1 Å². The first-order valence-corrected chi connectivity index (χ1v) is 9.80. The Bertz CT molecular complexity index is 1080. The summed E-state index contributed by atoms with van der Waals surface area (Å²) in [6.07, 6.45) is -0.707. The number of β-amino-alcohol motifs (C(OH)–C–C–N with tert-alkyl or cyclic N) is 2. The number of aromatic nitrogens is 4. The molecule has 2 aromatic rings. The molecule has 3 heterocycles. The van der Waals surface area contributed by atoms with Crippen LogP contribution in [-0.4, -0.2) is 78.0 Å². The van der Waals surface area contributed by atoms with E-state index in [1.807, 2.05) is 0 Å². The van der Waals surface area contributed by atoms with Crippen LogP contribution in [0.1, 0.15) is 30.1 Å². The number of hydrogen-bond acceptors (Lipinski definition) is 7. The van der Waals surface area contributed by atoms with Crippen molar-refractivity contribution in [3.8, 4) is 11.4 Å². The van der Waals surface area contributed by atoms with Gasteiger partial charge in [-0.25, -0.2) is 19.4 Å². The van der Waals surface area contributed by atoms with Gasteiger partial charge in [-0.3, -0.25) is 14.6 Å². The van der Waals surface area contributed by atoms with Gasteiger partial charge in [0, 0.05) is 17.2 Å². The lowest BCUT2D eigenvalue weighted by molar-refractivity contribution is -0.141. The fourth-order valence-electron chi connectivity index (χ4n) is 3.34. The summed E-state index contributed by atoms with van der Waals surface area (Å²) in [4.78, 5) is 34.5. The first-order valence-electron chi connectivity index (χ1n) is 9.80. The summed E-state index contributed by atoms with van der Waals surface area (Å²) in [6.45, 7) is -1.23. The number of rotatable bonds is 7. The van der Waals surface area contributed by atoms with Crippen molar-refractivity contribution in [2.24, 2.45) is 0 Å². The third-order valence-electron chi connectivity index (χ3n) is 5.02. The normalized spacial score (nSPS) is 18.3. The molecule has 2 fully saturated rings. The van der Waals surface area contributed by atoms with Gasteiger partial charge in [-0.05, 0) is 25.0 Å². The minimum atomic E-state index is -4.62. The van der Waals surface area contributed by atoms with Crippen molar-refractivity contribution < 1.29 is 33.0 Å². The Morgan fingerprint density at radius 2 is 1.78 bits per heavy atom. The fourth-order valence-corrected chi connectivity index (χ4v) is 3.34. The number of imide groups is 1. The molecular weight excluding hydrogens is 433 g/mol. The van der Waals surface area contributed by atoms with Crippen molar-refractivity contribution in [3.63, 3.8) is 0 Å². The number of halogens is 3. The number of amides is 3. The molecule has 2 N–H and O–H groups in total. The molecule has 0 aromatic carbocycles. The van der Waals surface area contributed by atoms with Gasteiger partial charge >= 0.3 is 12.2 Å². The Morgan fingerprint density at radius 3 is 2.41 bits per heavy atom. The lowest BCUT2D eigenvalue weighted by Gasteiger charge is -2.14. The number of urea groups is 1. The molecular formula is C19H19F3N6O4. The second kappa shape index (κ2) is 8.31. The first-order chi connectivity index (χ1) is 15.2. The minimum Gasteiger partial charge on any atom is -0.395 e. The van der Waals surface area contributed by atoms with Crippen LogP contribution in [0.2, 0.25) is 0 Å². The Hall–Kier alpha value is -3.32. The standard InChI is InChI=1S/C19H19F3N6O4/c20-19(21,22)15-8-12(7-13(24-15)11-1-2-11)16-23-10-26(25-16)9-14-17(31)28(4-6-30)18(32)27(14)3-5-29/h7-11,29-30H,1-6H2/b14-9-. The highest BCUT2D eigenvalue weighted by Crippen LogP contribution is 2.41. The predicted octanol–water partition coefficient (Wildman–Crippen LogP) is 1.28. The van der Waals surface area contributed by atoms with Crippen LogP contribution in [0, 0.1) is 0 Å². The lowest BCUT2D eigenvalue weighted by atomic mass is 10.1. The summed E-state index contributed by atoms with van der Waals surface area (Å²) >= 11 is 0. The van der Waals surface area contributed by atoms with E-state index in [2.05, 4.69) is 15.1 Å². The molecule has 0 unspecified atom stereocenters. The summed E-state index contributed by atoms with van der Waals surface area (Å²) in [5.74, 6) is -0.727. The molecule has 170 valence electrons. The monoisotopic (exact) mass is 452 g/mol. The molecule has 0 bridgehead atoms. The smallest absolute Gasteiger partial charge is 0.395 e. The maximum absolute atomic E-state index is 13.3. The van der Waals surface area contributed by atoms with Crippen molar-refractivity contribution in [3.05, 3.63) is 35.5 Å². The van der Waals surface area contributed by atoms with E-state index in [0.717, 1.165) is 33.4 Å². The van der Waals surface area contributed by atoms with Crippen molar-refractivity contribution in [2.75, 3.05) is 26.3 Å². The predicted molar refractivity (Wildman–Crippen MR) is 102 cm³/mol. The fraction of sp³-hybridized carbons (Fsp3) is 0.421. The average molecular weight is 452 g/mol. The van der Waals surface area contributed by atoms with Crippen LogP contribution < -0.4 is 0 Å². The van der Waals surface area contributed by atoms with Gasteiger partial charge in [-0.1, -0.05) is 0 Å². The van der Waals surface area contributed by atoms with Crippen LogP contribution in [0.25, 0.3) is 17.6 Å². The van der Waals surface area contributed by atoms with E-state index in [-0.39, 0.29) is 36.1 Å². The van der Waals surface area contributed by atoms with Gasteiger partial charge in [0.25, 0.3) is 5.91 Å². The van der Waals surface area contributed by atoms with Gasteiger partial charge in [-0.15, -0.1) is 5.10 Å². The van der Waals surface area contributed by atoms with Crippen LogP contribution in [0.3, 0.4) is 0 Å². The molecule has 0 spiro atoms. The van der Waals surface area contributed by atoms with E-state index in [1.165, 1.54) is 18.6 Å². The highest BCUT2D eigenvalue weighted by atomic mass is 19.4. The molecule has 1 saturated heterocycles. The van der Waals surface area contributed by atoms with Crippen LogP contribution in [0.5, 0.6) is 0 Å². The summed E-state index contributed by atoms with van der Waals surface area (Å²) in [7, 11) is 0. The molecule has 0 atom stereocenters. The molecule has 1 aliphatic carbocycles. The van der Waals surface area contributed by atoms with Gasteiger partial charge in [-0.2, -0.15) is 13.2 Å². The van der Waals surface area contributed by atoms with E-state index >= 15 is 0 Å². The van der Waals surface area contributed by atoms with Crippen molar-refractivity contribution in [2.45, 2.75) is 24.9 Å². The summed E-state index contributed by atoms with van der Waals surface area (Å²) in [5, 5.41) is 22.4. The third-order valence-corrected chi connectivity index (χ3v) is 5.02. The van der Waals surface area contributed by atoms with Gasteiger partial charge in [0.2, 0.25) is 0 Å². The molecule has 4 rings (SSSR count). The quantitative estimate of drug-likeness (QED) is 0.479. The van der Waals surface area contributed by atoms with Crippen LogP contribution in [0.15, 0.2) is 24.2 Å². The van der Waals surface area contributed by atoms with Crippen LogP contribution in [-0.2, 0) is 11.0 Å². The number of carbonyl (C=O) groups excluding carboxylic acids is 2. The van der Waals surface area contributed by atoms with E-state index in [9.17, 15) is 27.9 Å². The second-order valence-electron chi connectivity index (χ2n) is 7.34. The topological polar surface area (TPSA) is 125 Å². The molecule has 13 heteroatoms. The van der Waals surface area contributed by atoms with E-state index in [4.69, 9.17) is 5.11 Å². The van der Waals surface area contributed by atoms with Gasteiger partial charge < -0.3 is 10.2 Å². The molecule has 32 heavy (non-hydrogen) atoms. The van der Waals surface area contributed by atoms with Crippen LogP contribution >= 0.6 is 0 Å². The summed E-state index contributed by atoms with van der Waals surface area (Å²) in [6, 6.07) is 1.68. The Morgan fingerprint density at radius 1 is 1.09 bits per heavy atom. The lowest BCUT2D eigenvalue weighted by Crippen LogP contribution is -2.35. The van der Waals surface area contributed by atoms with E-state index < -0.39 is 37.0 Å². The molecule has 10 nitrogen and oxygen atoms in total. The third kappa shape index (κ3) is 4.21. The number of aliphatic hydroxyl groups excluding tert-OH is 2. The van der Waals surface area contributed by atoms with E-state index in [0.29, 0.717) is 5.69 Å². The molecule has 2 aliphatic rings. The number of alkyl halides is 3. The zero-order valence-corrected chi connectivity index (χ0v) is 16.7. The average Bonchev–Trinajstić information content (AvgIpc) is 3.46. The first kappa shape index (κ1) is 21.9. The molecule has 1 aliphatic heterocycles. The minimum absolute atomic E-state index is 0.00524. The summed E-state index contributed by atoms with van der Waals surface area (Å²) in [5.41, 5.74) is -0.681. The largest absolute Gasteiger partial charge is 0.433 e. The van der Waals surface area contributed by atoms with Crippen LogP contribution in [0.4, 0.5) is 18.0 Å². The number of hydrogen-bond donors (Lipinski definition) is 2. The maximum Gasteiger partial charge on any atom is 0.433 e.